The Kier molecular flexibility index (Phi) is 5.39. The van der Waals surface area contributed by atoms with Crippen LogP contribution >= 0.6 is 0 Å². The van der Waals surface area contributed by atoms with E-state index in [-0.39, 0.29) is 5.82 Å². The van der Waals surface area contributed by atoms with E-state index in [1.807, 2.05) is 6.07 Å². The van der Waals surface area contributed by atoms with Crippen LogP contribution in [0.2, 0.25) is 0 Å². The minimum Gasteiger partial charge on any atom is -0.369 e. The molecule has 0 atom stereocenters. The third kappa shape index (κ3) is 4.39. The maximum Gasteiger partial charge on any atom is 0.240 e. The fraction of sp³-hybridized carbons (Fsp3) is 0.364. The Hall–Kier alpha value is -2.73. The van der Waals surface area contributed by atoms with Crippen molar-refractivity contribution in [2.45, 2.75) is 26.8 Å². The molecule has 146 valence electrons. The molecular formula is C22H25FN4O. The summed E-state index contributed by atoms with van der Waals surface area (Å²) in [7, 11) is 0. The van der Waals surface area contributed by atoms with Gasteiger partial charge in [0.2, 0.25) is 5.89 Å². The smallest absolute Gasteiger partial charge is 0.240 e. The molecule has 6 heteroatoms. The molecule has 1 fully saturated rings. The molecule has 0 spiro atoms. The molecule has 4 rings (SSSR count). The lowest BCUT2D eigenvalue weighted by molar-refractivity contribution is 0.215. The molecule has 1 aliphatic heterocycles. The summed E-state index contributed by atoms with van der Waals surface area (Å²) in [5, 5.41) is 4.04. The van der Waals surface area contributed by atoms with Crippen LogP contribution < -0.4 is 4.90 Å². The van der Waals surface area contributed by atoms with Gasteiger partial charge in [-0.2, -0.15) is 4.98 Å². The average Bonchev–Trinajstić information content (AvgIpc) is 3.09. The molecule has 2 heterocycles. The highest BCUT2D eigenvalue weighted by molar-refractivity contribution is 5.54. The number of hydrogen-bond donors (Lipinski definition) is 0. The van der Waals surface area contributed by atoms with Crippen molar-refractivity contribution in [2.75, 3.05) is 31.1 Å². The van der Waals surface area contributed by atoms with E-state index in [2.05, 4.69) is 52.0 Å². The Balaban J connectivity index is 1.32. The first-order valence-electron chi connectivity index (χ1n) is 9.67. The van der Waals surface area contributed by atoms with Gasteiger partial charge in [-0.1, -0.05) is 35.0 Å². The topological polar surface area (TPSA) is 45.4 Å². The first-order valence-corrected chi connectivity index (χ1v) is 9.67. The number of aromatic nitrogens is 2. The van der Waals surface area contributed by atoms with Gasteiger partial charge < -0.3 is 9.42 Å². The highest BCUT2D eigenvalue weighted by atomic mass is 19.1. The maximum absolute atomic E-state index is 13.3. The van der Waals surface area contributed by atoms with E-state index in [0.29, 0.717) is 24.7 Å². The average molecular weight is 380 g/mol. The van der Waals surface area contributed by atoms with Gasteiger partial charge in [0, 0.05) is 38.3 Å². The van der Waals surface area contributed by atoms with Crippen LogP contribution in [0.3, 0.4) is 0 Å². The lowest BCUT2D eigenvalue weighted by atomic mass is 10.1. The van der Waals surface area contributed by atoms with Gasteiger partial charge >= 0.3 is 0 Å². The Morgan fingerprint density at radius 3 is 2.61 bits per heavy atom. The predicted molar refractivity (Wildman–Crippen MR) is 107 cm³/mol. The quantitative estimate of drug-likeness (QED) is 0.675. The van der Waals surface area contributed by atoms with Crippen molar-refractivity contribution in [3.05, 3.63) is 76.7 Å². The lowest BCUT2D eigenvalue weighted by Crippen LogP contribution is -2.46. The van der Waals surface area contributed by atoms with E-state index >= 15 is 0 Å². The number of anilines is 1. The molecule has 0 amide bonds. The van der Waals surface area contributed by atoms with Crippen LogP contribution in [0.4, 0.5) is 10.1 Å². The van der Waals surface area contributed by atoms with E-state index in [4.69, 9.17) is 4.52 Å². The summed E-state index contributed by atoms with van der Waals surface area (Å²) in [6.07, 6.45) is 0.474. The normalized spacial score (nSPS) is 15.2. The van der Waals surface area contributed by atoms with Crippen molar-refractivity contribution < 1.29 is 8.91 Å². The van der Waals surface area contributed by atoms with Gasteiger partial charge in [-0.25, -0.2) is 4.39 Å². The van der Waals surface area contributed by atoms with Crippen molar-refractivity contribution in [2.24, 2.45) is 0 Å². The van der Waals surface area contributed by atoms with E-state index < -0.39 is 0 Å². The first-order chi connectivity index (χ1) is 13.6. The minimum absolute atomic E-state index is 0.247. The number of benzene rings is 2. The van der Waals surface area contributed by atoms with E-state index in [1.54, 1.807) is 6.07 Å². The molecule has 0 radical (unpaired) electrons. The van der Waals surface area contributed by atoms with Gasteiger partial charge in [0.05, 0.1) is 6.54 Å². The fourth-order valence-electron chi connectivity index (χ4n) is 3.75. The molecule has 28 heavy (non-hydrogen) atoms. The zero-order valence-electron chi connectivity index (χ0n) is 16.4. The summed E-state index contributed by atoms with van der Waals surface area (Å²) in [5.74, 6) is 0.962. The van der Waals surface area contributed by atoms with Crippen LogP contribution in [0, 0.1) is 19.7 Å². The fourth-order valence-corrected chi connectivity index (χ4v) is 3.75. The minimum atomic E-state index is -0.247. The highest BCUT2D eigenvalue weighted by Gasteiger charge is 2.20. The van der Waals surface area contributed by atoms with Crippen LogP contribution in [0.5, 0.6) is 0 Å². The maximum atomic E-state index is 13.3. The highest BCUT2D eigenvalue weighted by Crippen LogP contribution is 2.23. The van der Waals surface area contributed by atoms with E-state index in [1.165, 1.54) is 28.9 Å². The van der Waals surface area contributed by atoms with Crippen LogP contribution in [0.25, 0.3) is 0 Å². The zero-order valence-corrected chi connectivity index (χ0v) is 16.4. The molecule has 3 aromatic rings. The van der Waals surface area contributed by atoms with Crippen molar-refractivity contribution in [1.29, 1.82) is 0 Å². The van der Waals surface area contributed by atoms with Gasteiger partial charge in [0.25, 0.3) is 0 Å². The number of halogens is 1. The number of piperazine rings is 1. The third-order valence-electron chi connectivity index (χ3n) is 5.19. The molecule has 1 aromatic heterocycles. The summed E-state index contributed by atoms with van der Waals surface area (Å²) < 4.78 is 18.7. The Labute approximate surface area is 164 Å². The first kappa shape index (κ1) is 18.6. The number of hydrogen-bond acceptors (Lipinski definition) is 5. The van der Waals surface area contributed by atoms with Crippen molar-refractivity contribution in [3.8, 4) is 0 Å². The Morgan fingerprint density at radius 1 is 1.04 bits per heavy atom. The monoisotopic (exact) mass is 380 g/mol. The number of aryl methyl sites for hydroxylation is 2. The van der Waals surface area contributed by atoms with Crippen molar-refractivity contribution >= 4 is 5.69 Å². The molecule has 0 N–H and O–H groups in total. The van der Waals surface area contributed by atoms with Crippen LogP contribution in [0.15, 0.2) is 47.0 Å². The molecule has 1 saturated heterocycles. The largest absolute Gasteiger partial charge is 0.369 e. The molecular weight excluding hydrogens is 355 g/mol. The van der Waals surface area contributed by atoms with Gasteiger partial charge in [-0.3, -0.25) is 4.90 Å². The second-order valence-corrected chi connectivity index (χ2v) is 7.46. The SMILES string of the molecule is Cc1ccc(N2CCN(Cc3nc(Cc4cccc(F)c4)no3)CC2)c(C)c1. The Bertz CT molecular complexity index is 947. The lowest BCUT2D eigenvalue weighted by Gasteiger charge is -2.36. The summed E-state index contributed by atoms with van der Waals surface area (Å²) in [6, 6.07) is 13.1. The molecule has 1 aliphatic rings. The van der Waals surface area contributed by atoms with Crippen LogP contribution in [-0.2, 0) is 13.0 Å². The molecule has 0 bridgehead atoms. The third-order valence-corrected chi connectivity index (χ3v) is 5.19. The summed E-state index contributed by atoms with van der Waals surface area (Å²) >= 11 is 0. The van der Waals surface area contributed by atoms with Crippen molar-refractivity contribution in [1.82, 2.24) is 15.0 Å². The number of nitrogens with zero attached hydrogens (tertiary/aromatic N) is 4. The molecule has 2 aromatic carbocycles. The molecule has 0 aliphatic carbocycles. The Morgan fingerprint density at radius 2 is 1.86 bits per heavy atom. The predicted octanol–water partition coefficient (Wildman–Crippen LogP) is 3.74. The van der Waals surface area contributed by atoms with Gasteiger partial charge in [0.1, 0.15) is 5.82 Å². The summed E-state index contributed by atoms with van der Waals surface area (Å²) in [4.78, 5) is 9.25. The standard InChI is InChI=1S/C22H25FN4O/c1-16-6-7-20(17(2)12-16)27-10-8-26(9-11-27)15-22-24-21(25-28-22)14-18-4-3-5-19(23)13-18/h3-7,12-13H,8-11,14-15H2,1-2H3. The van der Waals surface area contributed by atoms with Gasteiger partial charge in [0.15, 0.2) is 5.82 Å². The van der Waals surface area contributed by atoms with Gasteiger partial charge in [-0.05, 0) is 43.2 Å². The summed E-state index contributed by atoms with van der Waals surface area (Å²) in [6.45, 7) is 8.82. The van der Waals surface area contributed by atoms with Crippen LogP contribution in [-0.4, -0.2) is 41.2 Å². The van der Waals surface area contributed by atoms with Gasteiger partial charge in [-0.15, -0.1) is 0 Å². The second kappa shape index (κ2) is 8.10. The van der Waals surface area contributed by atoms with Crippen molar-refractivity contribution in [3.63, 3.8) is 0 Å². The molecule has 0 saturated carbocycles. The second-order valence-electron chi connectivity index (χ2n) is 7.46. The van der Waals surface area contributed by atoms with E-state index in [0.717, 1.165) is 31.7 Å². The zero-order chi connectivity index (χ0) is 19.5. The summed E-state index contributed by atoms with van der Waals surface area (Å²) in [5.41, 5.74) is 4.78. The van der Waals surface area contributed by atoms with E-state index in [9.17, 15) is 4.39 Å². The molecule has 0 unspecified atom stereocenters. The van der Waals surface area contributed by atoms with Crippen LogP contribution in [0.1, 0.15) is 28.4 Å². The molecule has 5 nitrogen and oxygen atoms in total. The number of rotatable bonds is 5.